The molecule has 0 unspecified atom stereocenters. The number of hydrogen-bond donors (Lipinski definition) is 1. The summed E-state index contributed by atoms with van der Waals surface area (Å²) in [6.07, 6.45) is 1.36. The maximum atomic E-state index is 13.8. The van der Waals surface area contributed by atoms with Crippen molar-refractivity contribution in [2.45, 2.75) is 13.8 Å². The zero-order chi connectivity index (χ0) is 21.7. The molecule has 0 radical (unpaired) electrons. The van der Waals surface area contributed by atoms with Crippen LogP contribution in [0.15, 0.2) is 47.4 Å². The van der Waals surface area contributed by atoms with Gasteiger partial charge in [0.25, 0.3) is 17.1 Å². The molecule has 0 spiro atoms. The molecule has 1 aliphatic rings. The van der Waals surface area contributed by atoms with Gasteiger partial charge < -0.3 is 10.1 Å². The Morgan fingerprint density at radius 3 is 2.53 bits per heavy atom. The summed E-state index contributed by atoms with van der Waals surface area (Å²) in [5, 5.41) is 2.18. The predicted molar refractivity (Wildman–Crippen MR) is 113 cm³/mol. The largest absolute Gasteiger partial charge is 0.483 e. The first-order chi connectivity index (χ1) is 14.4. The summed E-state index contributed by atoms with van der Waals surface area (Å²) >= 11 is 0.749. The molecule has 1 fully saturated rings. The summed E-state index contributed by atoms with van der Waals surface area (Å²) in [7, 11) is 0. The molecule has 2 aromatic carbocycles. The first-order valence-corrected chi connectivity index (χ1v) is 10.1. The third-order valence-corrected chi connectivity index (χ3v) is 5.39. The normalized spacial score (nSPS) is 15.0. The Kier molecular flexibility index (Phi) is 6.89. The van der Waals surface area contributed by atoms with Crippen LogP contribution in [0, 0.1) is 19.7 Å². The Balaban J connectivity index is 1.51. The number of benzene rings is 2. The summed E-state index contributed by atoms with van der Waals surface area (Å²) in [5.41, 5.74) is 2.10. The van der Waals surface area contributed by atoms with E-state index in [9.17, 15) is 18.8 Å². The third-order valence-electron chi connectivity index (χ3n) is 4.48. The summed E-state index contributed by atoms with van der Waals surface area (Å²) in [6.45, 7) is 3.75. The number of nitrogens with one attached hydrogen (secondary N) is 1. The van der Waals surface area contributed by atoms with Gasteiger partial charge in [0.2, 0.25) is 0 Å². The number of nitrogens with zero attached hydrogens (tertiary/aromatic N) is 1. The predicted octanol–water partition coefficient (Wildman–Crippen LogP) is 3.67. The molecule has 0 bridgehead atoms. The van der Waals surface area contributed by atoms with Crippen LogP contribution in [0.25, 0.3) is 6.08 Å². The molecule has 1 saturated heterocycles. The van der Waals surface area contributed by atoms with Gasteiger partial charge in [-0.2, -0.15) is 0 Å². The van der Waals surface area contributed by atoms with Gasteiger partial charge in [-0.25, -0.2) is 4.39 Å². The quantitative estimate of drug-likeness (QED) is 0.681. The van der Waals surface area contributed by atoms with E-state index in [2.05, 4.69) is 5.32 Å². The van der Waals surface area contributed by atoms with Crippen LogP contribution in [0.2, 0.25) is 0 Å². The van der Waals surface area contributed by atoms with Gasteiger partial charge in [0.1, 0.15) is 11.6 Å². The smallest absolute Gasteiger partial charge is 0.293 e. The van der Waals surface area contributed by atoms with Crippen LogP contribution in [0.3, 0.4) is 0 Å². The average molecular weight is 428 g/mol. The highest BCUT2D eigenvalue weighted by atomic mass is 32.2. The maximum absolute atomic E-state index is 13.8. The van der Waals surface area contributed by atoms with E-state index in [0.717, 1.165) is 27.8 Å². The molecule has 3 rings (SSSR count). The van der Waals surface area contributed by atoms with E-state index in [-0.39, 0.29) is 36.1 Å². The molecule has 2 aromatic rings. The van der Waals surface area contributed by atoms with E-state index in [4.69, 9.17) is 4.74 Å². The third kappa shape index (κ3) is 5.07. The number of para-hydroxylation sites is 1. The van der Waals surface area contributed by atoms with Crippen LogP contribution < -0.4 is 10.1 Å². The van der Waals surface area contributed by atoms with Gasteiger partial charge in [0, 0.05) is 18.7 Å². The molecule has 1 heterocycles. The molecule has 6 nitrogen and oxygen atoms in total. The van der Waals surface area contributed by atoms with E-state index < -0.39 is 17.0 Å². The molecule has 156 valence electrons. The average Bonchev–Trinajstić information content (AvgIpc) is 2.97. The van der Waals surface area contributed by atoms with Crippen LogP contribution in [0.4, 0.5) is 9.18 Å². The molecular formula is C22H21FN2O4S. The van der Waals surface area contributed by atoms with Crippen molar-refractivity contribution in [3.63, 3.8) is 0 Å². The zero-order valence-electron chi connectivity index (χ0n) is 16.6. The van der Waals surface area contributed by atoms with Crippen LogP contribution in [-0.4, -0.2) is 41.6 Å². The number of imide groups is 1. The number of hydrogen-bond acceptors (Lipinski definition) is 5. The number of aryl methyl sites for hydroxylation is 2. The number of halogens is 1. The summed E-state index contributed by atoms with van der Waals surface area (Å²) in [5.74, 6) is -0.668. The van der Waals surface area contributed by atoms with Crippen molar-refractivity contribution in [1.29, 1.82) is 0 Å². The van der Waals surface area contributed by atoms with Crippen molar-refractivity contribution in [3.8, 4) is 5.75 Å². The molecule has 30 heavy (non-hydrogen) atoms. The van der Waals surface area contributed by atoms with Gasteiger partial charge in [-0.05, 0) is 48.9 Å². The van der Waals surface area contributed by atoms with E-state index in [1.54, 1.807) is 12.1 Å². The zero-order valence-corrected chi connectivity index (χ0v) is 17.4. The van der Waals surface area contributed by atoms with Crippen molar-refractivity contribution in [3.05, 3.63) is 69.9 Å². The lowest BCUT2D eigenvalue weighted by molar-refractivity contribution is -0.125. The fourth-order valence-corrected chi connectivity index (χ4v) is 3.80. The highest BCUT2D eigenvalue weighted by Crippen LogP contribution is 2.32. The van der Waals surface area contributed by atoms with E-state index in [0.29, 0.717) is 5.75 Å². The van der Waals surface area contributed by atoms with Gasteiger partial charge in [-0.3, -0.25) is 19.3 Å². The Morgan fingerprint density at radius 2 is 1.83 bits per heavy atom. The maximum Gasteiger partial charge on any atom is 0.293 e. The fourth-order valence-electron chi connectivity index (χ4n) is 2.95. The first-order valence-electron chi connectivity index (χ1n) is 9.32. The van der Waals surface area contributed by atoms with E-state index in [1.165, 1.54) is 18.2 Å². The number of carbonyl (C=O) groups excluding carboxylic acids is 3. The van der Waals surface area contributed by atoms with E-state index in [1.807, 2.05) is 32.0 Å². The molecule has 1 N–H and O–H groups in total. The molecule has 0 atom stereocenters. The minimum Gasteiger partial charge on any atom is -0.483 e. The van der Waals surface area contributed by atoms with Gasteiger partial charge in [0.05, 0.1) is 4.91 Å². The highest BCUT2D eigenvalue weighted by molar-refractivity contribution is 8.18. The highest BCUT2D eigenvalue weighted by Gasteiger charge is 2.34. The summed E-state index contributed by atoms with van der Waals surface area (Å²) in [6, 6.07) is 11.7. The van der Waals surface area contributed by atoms with Crippen molar-refractivity contribution in [2.75, 3.05) is 19.7 Å². The second-order valence-corrected chi connectivity index (χ2v) is 7.71. The Bertz CT molecular complexity index is 1000. The number of ether oxygens (including phenoxy) is 1. The van der Waals surface area contributed by atoms with Crippen molar-refractivity contribution < 1.29 is 23.5 Å². The first kappa shape index (κ1) is 21.6. The number of amides is 3. The number of thioether (sulfide) groups is 1. The standard InChI is InChI=1S/C22H21FN2O4S/c1-14-6-5-7-15(2)20(14)29-13-19(26)24-10-11-25-21(27)18(30-22(25)28)12-16-8-3-4-9-17(16)23/h3-9,12H,10-11,13H2,1-2H3,(H,24,26)/b18-12-. The topological polar surface area (TPSA) is 75.7 Å². The van der Waals surface area contributed by atoms with Gasteiger partial charge >= 0.3 is 0 Å². The lowest BCUT2D eigenvalue weighted by atomic mass is 10.1. The lowest BCUT2D eigenvalue weighted by Gasteiger charge is -2.14. The van der Waals surface area contributed by atoms with E-state index >= 15 is 0 Å². The number of carbonyl (C=O) groups is 3. The van der Waals surface area contributed by atoms with Gasteiger partial charge in [-0.15, -0.1) is 0 Å². The van der Waals surface area contributed by atoms with Crippen LogP contribution in [-0.2, 0) is 9.59 Å². The minimum absolute atomic E-state index is 0.0222. The van der Waals surface area contributed by atoms with Crippen LogP contribution >= 0.6 is 11.8 Å². The van der Waals surface area contributed by atoms with Gasteiger partial charge in [-0.1, -0.05) is 36.4 Å². The number of rotatable bonds is 7. The van der Waals surface area contributed by atoms with Crippen LogP contribution in [0.1, 0.15) is 16.7 Å². The minimum atomic E-state index is -0.505. The van der Waals surface area contributed by atoms with Gasteiger partial charge in [0.15, 0.2) is 6.61 Å². The Morgan fingerprint density at radius 1 is 1.13 bits per heavy atom. The van der Waals surface area contributed by atoms with Crippen molar-refractivity contribution in [1.82, 2.24) is 10.2 Å². The molecular weight excluding hydrogens is 407 g/mol. The van der Waals surface area contributed by atoms with Crippen molar-refractivity contribution in [2.24, 2.45) is 0 Å². The summed E-state index contributed by atoms with van der Waals surface area (Å²) < 4.78 is 19.4. The molecule has 0 aromatic heterocycles. The molecule has 0 saturated carbocycles. The fraction of sp³-hybridized carbons (Fsp3) is 0.227. The monoisotopic (exact) mass is 428 g/mol. The Labute approximate surface area is 178 Å². The second-order valence-electron chi connectivity index (χ2n) is 6.71. The molecule has 3 amide bonds. The van der Waals surface area contributed by atoms with Crippen LogP contribution in [0.5, 0.6) is 5.75 Å². The SMILES string of the molecule is Cc1cccc(C)c1OCC(=O)NCCN1C(=O)S/C(=C\c2ccccc2F)C1=O. The summed E-state index contributed by atoms with van der Waals surface area (Å²) in [4.78, 5) is 37.8. The molecule has 1 aliphatic heterocycles. The second kappa shape index (κ2) is 9.58. The van der Waals surface area contributed by atoms with Crippen molar-refractivity contribution >= 4 is 34.9 Å². The lowest BCUT2D eigenvalue weighted by Crippen LogP contribution is -2.38. The Hall–Kier alpha value is -3.13. The molecule has 0 aliphatic carbocycles. The molecule has 8 heteroatoms.